The minimum absolute atomic E-state index is 0.00879. The highest BCUT2D eigenvalue weighted by atomic mass is 32.1. The molecule has 1 aliphatic carbocycles. The zero-order valence-electron chi connectivity index (χ0n) is 11.2. The fraction of sp³-hybridized carbons (Fsp3) is 0.692. The van der Waals surface area contributed by atoms with Crippen molar-refractivity contribution < 1.29 is 4.79 Å². The van der Waals surface area contributed by atoms with Gasteiger partial charge in [-0.1, -0.05) is 20.8 Å². The van der Waals surface area contributed by atoms with Crippen LogP contribution in [0.15, 0.2) is 0 Å². The van der Waals surface area contributed by atoms with Crippen LogP contribution in [0, 0.1) is 11.3 Å². The Morgan fingerprint density at radius 1 is 1.56 bits per heavy atom. The number of hydrogen-bond donors (Lipinski definition) is 2. The number of nitrogens with one attached hydrogen (secondary N) is 1. The molecule has 100 valence electrons. The highest BCUT2D eigenvalue weighted by Crippen LogP contribution is 2.39. The first-order chi connectivity index (χ1) is 8.40. The first-order valence-electron chi connectivity index (χ1n) is 6.38. The summed E-state index contributed by atoms with van der Waals surface area (Å²) in [4.78, 5) is 17.1. The summed E-state index contributed by atoms with van der Waals surface area (Å²) >= 11 is 1.60. The van der Waals surface area contributed by atoms with Gasteiger partial charge < -0.3 is 11.1 Å². The van der Waals surface area contributed by atoms with E-state index >= 15 is 0 Å². The lowest BCUT2D eigenvalue weighted by Crippen LogP contribution is -2.26. The van der Waals surface area contributed by atoms with E-state index in [2.05, 4.69) is 31.1 Å². The third-order valence-electron chi connectivity index (χ3n) is 3.60. The van der Waals surface area contributed by atoms with Gasteiger partial charge in [-0.15, -0.1) is 11.3 Å². The average molecular weight is 267 g/mol. The van der Waals surface area contributed by atoms with Crippen molar-refractivity contribution in [1.82, 2.24) is 4.98 Å². The van der Waals surface area contributed by atoms with E-state index in [0.29, 0.717) is 16.5 Å². The molecule has 5 heteroatoms. The van der Waals surface area contributed by atoms with Gasteiger partial charge in [-0.25, -0.2) is 4.98 Å². The topological polar surface area (TPSA) is 68.0 Å². The van der Waals surface area contributed by atoms with E-state index < -0.39 is 0 Å². The molecule has 1 heterocycles. The van der Waals surface area contributed by atoms with E-state index in [1.165, 1.54) is 11.3 Å². The van der Waals surface area contributed by atoms with Crippen LogP contribution in [-0.2, 0) is 17.6 Å². The molecule has 0 spiro atoms. The maximum atomic E-state index is 11.2. The molecule has 0 fully saturated rings. The molecule has 1 aromatic heterocycles. The summed E-state index contributed by atoms with van der Waals surface area (Å²) in [5.41, 5.74) is 6.78. The van der Waals surface area contributed by atoms with Gasteiger partial charge in [0.2, 0.25) is 5.91 Å². The second kappa shape index (κ2) is 4.97. The second-order valence-electron chi connectivity index (χ2n) is 5.95. The number of fused-ring (bicyclic) bond motifs is 1. The molecule has 1 amide bonds. The van der Waals surface area contributed by atoms with Crippen LogP contribution in [0.2, 0.25) is 0 Å². The Bertz CT molecular complexity index is 448. The minimum Gasteiger partial charge on any atom is -0.322 e. The molecule has 0 bridgehead atoms. The number of anilines is 1. The van der Waals surface area contributed by atoms with E-state index in [1.807, 2.05) is 0 Å². The molecular formula is C13H21N3OS. The zero-order chi connectivity index (χ0) is 13.3. The fourth-order valence-corrected chi connectivity index (χ4v) is 3.44. The van der Waals surface area contributed by atoms with E-state index in [9.17, 15) is 4.79 Å². The van der Waals surface area contributed by atoms with Crippen molar-refractivity contribution in [2.75, 3.05) is 11.9 Å². The number of nitrogens with zero attached hydrogens (tertiary/aromatic N) is 1. The lowest BCUT2D eigenvalue weighted by molar-refractivity contribution is -0.114. The van der Waals surface area contributed by atoms with E-state index in [4.69, 9.17) is 5.73 Å². The first-order valence-corrected chi connectivity index (χ1v) is 7.20. The lowest BCUT2D eigenvalue weighted by atomic mass is 9.73. The van der Waals surface area contributed by atoms with Crippen LogP contribution in [0.3, 0.4) is 0 Å². The van der Waals surface area contributed by atoms with E-state index in [1.54, 1.807) is 11.3 Å². The van der Waals surface area contributed by atoms with Crippen LogP contribution in [0.1, 0.15) is 37.8 Å². The van der Waals surface area contributed by atoms with Crippen LogP contribution < -0.4 is 11.1 Å². The Morgan fingerprint density at radius 2 is 2.28 bits per heavy atom. The van der Waals surface area contributed by atoms with Crippen LogP contribution in [-0.4, -0.2) is 17.4 Å². The number of thiazole rings is 1. The van der Waals surface area contributed by atoms with Crippen molar-refractivity contribution in [3.63, 3.8) is 0 Å². The van der Waals surface area contributed by atoms with Gasteiger partial charge >= 0.3 is 0 Å². The molecule has 1 aromatic rings. The number of aromatic nitrogens is 1. The van der Waals surface area contributed by atoms with E-state index in [-0.39, 0.29) is 12.5 Å². The Morgan fingerprint density at radius 3 is 2.89 bits per heavy atom. The number of carbonyl (C=O) groups is 1. The third-order valence-corrected chi connectivity index (χ3v) is 4.63. The normalized spacial score (nSPS) is 19.4. The molecule has 0 radical (unpaired) electrons. The molecule has 4 nitrogen and oxygen atoms in total. The molecule has 3 N–H and O–H groups in total. The van der Waals surface area contributed by atoms with Crippen molar-refractivity contribution in [2.24, 2.45) is 17.1 Å². The Balaban J connectivity index is 2.11. The van der Waals surface area contributed by atoms with Crippen molar-refractivity contribution in [3.05, 3.63) is 10.6 Å². The smallest absolute Gasteiger partial charge is 0.239 e. The maximum absolute atomic E-state index is 11.2. The van der Waals surface area contributed by atoms with Gasteiger partial charge in [0.25, 0.3) is 0 Å². The molecule has 1 aliphatic rings. The highest BCUT2D eigenvalue weighted by Gasteiger charge is 2.30. The SMILES string of the molecule is CC(C)(C)C1CCc2nc(NC(=O)CN)sc2C1. The first kappa shape index (κ1) is 13.5. The fourth-order valence-electron chi connectivity index (χ4n) is 2.34. The maximum Gasteiger partial charge on any atom is 0.239 e. The number of nitrogens with two attached hydrogens (primary N) is 1. The van der Waals surface area contributed by atoms with Gasteiger partial charge in [-0.2, -0.15) is 0 Å². The van der Waals surface area contributed by atoms with Gasteiger partial charge in [0, 0.05) is 4.88 Å². The molecule has 0 aliphatic heterocycles. The quantitative estimate of drug-likeness (QED) is 0.863. The third kappa shape index (κ3) is 2.90. The molecular weight excluding hydrogens is 246 g/mol. The summed E-state index contributed by atoms with van der Waals surface area (Å²) in [6, 6.07) is 0. The molecule has 0 saturated heterocycles. The van der Waals surface area contributed by atoms with Crippen molar-refractivity contribution in [3.8, 4) is 0 Å². The molecule has 2 rings (SSSR count). The molecule has 18 heavy (non-hydrogen) atoms. The predicted molar refractivity (Wildman–Crippen MR) is 74.8 cm³/mol. The van der Waals surface area contributed by atoms with Gasteiger partial charge in [0.1, 0.15) is 0 Å². The van der Waals surface area contributed by atoms with Crippen LogP contribution in [0.25, 0.3) is 0 Å². The Labute approximate surface area is 112 Å². The van der Waals surface area contributed by atoms with Crippen molar-refractivity contribution >= 4 is 22.4 Å². The Kier molecular flexibility index (Phi) is 3.73. The summed E-state index contributed by atoms with van der Waals surface area (Å²) in [6.07, 6.45) is 3.28. The van der Waals surface area contributed by atoms with Crippen molar-refractivity contribution in [2.45, 2.75) is 40.0 Å². The second-order valence-corrected chi connectivity index (χ2v) is 7.03. The highest BCUT2D eigenvalue weighted by molar-refractivity contribution is 7.15. The van der Waals surface area contributed by atoms with E-state index in [0.717, 1.165) is 18.5 Å². The molecule has 1 atom stereocenters. The van der Waals surface area contributed by atoms with Gasteiger partial charge in [-0.05, 0) is 30.6 Å². The summed E-state index contributed by atoms with van der Waals surface area (Å²) in [6.45, 7) is 6.89. The summed E-state index contributed by atoms with van der Waals surface area (Å²) in [7, 11) is 0. The number of carbonyl (C=O) groups excluding carboxylic acids is 1. The van der Waals surface area contributed by atoms with Crippen molar-refractivity contribution in [1.29, 1.82) is 0 Å². The van der Waals surface area contributed by atoms with Gasteiger partial charge in [-0.3, -0.25) is 4.79 Å². The van der Waals surface area contributed by atoms with Crippen LogP contribution in [0.5, 0.6) is 0 Å². The number of hydrogen-bond acceptors (Lipinski definition) is 4. The zero-order valence-corrected chi connectivity index (χ0v) is 12.1. The number of rotatable bonds is 2. The predicted octanol–water partition coefficient (Wildman–Crippen LogP) is 2.19. The van der Waals surface area contributed by atoms with Crippen LogP contribution in [0.4, 0.5) is 5.13 Å². The number of amides is 1. The summed E-state index contributed by atoms with van der Waals surface area (Å²) in [5, 5.41) is 3.44. The molecule has 0 aromatic carbocycles. The molecule has 0 saturated carbocycles. The van der Waals surface area contributed by atoms with Crippen LogP contribution >= 0.6 is 11.3 Å². The van der Waals surface area contributed by atoms with Gasteiger partial charge in [0.05, 0.1) is 12.2 Å². The molecule has 1 unspecified atom stereocenters. The largest absolute Gasteiger partial charge is 0.322 e. The monoisotopic (exact) mass is 267 g/mol. The summed E-state index contributed by atoms with van der Waals surface area (Å²) in [5.74, 6) is 0.525. The standard InChI is InChI=1S/C13H21N3OS/c1-13(2,3)8-4-5-9-10(6-8)18-12(15-9)16-11(17)7-14/h8H,4-7,14H2,1-3H3,(H,15,16,17). The number of aryl methyl sites for hydroxylation is 1. The Hall–Kier alpha value is -0.940. The minimum atomic E-state index is -0.173. The van der Waals surface area contributed by atoms with Gasteiger partial charge in [0.15, 0.2) is 5.13 Å². The summed E-state index contributed by atoms with van der Waals surface area (Å²) < 4.78 is 0. The average Bonchev–Trinajstić information content (AvgIpc) is 2.68. The lowest BCUT2D eigenvalue weighted by Gasteiger charge is -2.33.